The summed E-state index contributed by atoms with van der Waals surface area (Å²) in [5.41, 5.74) is 3.31. The molecule has 24 heavy (non-hydrogen) atoms. The maximum absolute atomic E-state index is 11.9. The number of halogens is 1. The van der Waals surface area contributed by atoms with Crippen LogP contribution in [-0.2, 0) is 19.6 Å². The van der Waals surface area contributed by atoms with Crippen LogP contribution in [0.2, 0.25) is 5.02 Å². The van der Waals surface area contributed by atoms with E-state index in [0.717, 1.165) is 24.2 Å². The summed E-state index contributed by atoms with van der Waals surface area (Å²) in [6, 6.07) is 15.6. The first-order valence-corrected chi connectivity index (χ1v) is 8.47. The van der Waals surface area contributed by atoms with Crippen molar-refractivity contribution < 1.29 is 4.79 Å². The quantitative estimate of drug-likeness (QED) is 0.801. The molecule has 0 saturated heterocycles. The molecule has 0 aliphatic heterocycles. The van der Waals surface area contributed by atoms with E-state index in [-0.39, 0.29) is 6.03 Å². The van der Waals surface area contributed by atoms with E-state index in [4.69, 9.17) is 11.6 Å². The standard InChI is InChI=1S/C19H24ClN3O/c1-3-23(2)14-17-8-4-6-15(10-17)12-21-19(24)22-13-16-7-5-9-18(20)11-16/h4-11H,3,12-14H2,1-2H3,(H2,21,22,24). The van der Waals surface area contributed by atoms with Crippen molar-refractivity contribution in [3.8, 4) is 0 Å². The van der Waals surface area contributed by atoms with Crippen molar-refractivity contribution >= 4 is 17.6 Å². The largest absolute Gasteiger partial charge is 0.334 e. The first-order valence-electron chi connectivity index (χ1n) is 8.09. The SMILES string of the molecule is CCN(C)Cc1cccc(CNC(=O)NCc2cccc(Cl)c2)c1. The fourth-order valence-corrected chi connectivity index (χ4v) is 2.55. The van der Waals surface area contributed by atoms with E-state index in [1.54, 1.807) is 0 Å². The summed E-state index contributed by atoms with van der Waals surface area (Å²) in [5.74, 6) is 0. The van der Waals surface area contributed by atoms with Gasteiger partial charge < -0.3 is 15.5 Å². The normalized spacial score (nSPS) is 10.7. The van der Waals surface area contributed by atoms with Crippen molar-refractivity contribution in [1.29, 1.82) is 0 Å². The van der Waals surface area contributed by atoms with Gasteiger partial charge in [-0.1, -0.05) is 54.9 Å². The summed E-state index contributed by atoms with van der Waals surface area (Å²) in [6.45, 7) is 5.01. The fraction of sp³-hybridized carbons (Fsp3) is 0.316. The van der Waals surface area contributed by atoms with Crippen LogP contribution in [0.1, 0.15) is 23.6 Å². The molecule has 5 heteroatoms. The van der Waals surface area contributed by atoms with Crippen molar-refractivity contribution in [2.24, 2.45) is 0 Å². The second kappa shape index (κ2) is 9.30. The van der Waals surface area contributed by atoms with Gasteiger partial charge >= 0.3 is 6.03 Å². The molecule has 0 atom stereocenters. The maximum atomic E-state index is 11.9. The topological polar surface area (TPSA) is 44.4 Å². The Kier molecular flexibility index (Phi) is 7.09. The Morgan fingerprint density at radius 3 is 2.21 bits per heavy atom. The molecule has 2 amide bonds. The molecular formula is C19H24ClN3O. The summed E-state index contributed by atoms with van der Waals surface area (Å²) in [4.78, 5) is 14.2. The molecule has 2 rings (SSSR count). The van der Waals surface area contributed by atoms with Crippen LogP contribution in [0, 0.1) is 0 Å². The molecule has 0 aliphatic carbocycles. The van der Waals surface area contributed by atoms with Gasteiger partial charge in [0.05, 0.1) is 0 Å². The van der Waals surface area contributed by atoms with Gasteiger partial charge in [-0.05, 0) is 42.4 Å². The zero-order valence-corrected chi connectivity index (χ0v) is 14.9. The Bertz CT molecular complexity index is 675. The number of urea groups is 1. The number of benzene rings is 2. The zero-order chi connectivity index (χ0) is 17.4. The second-order valence-electron chi connectivity index (χ2n) is 5.82. The lowest BCUT2D eigenvalue weighted by atomic mass is 10.1. The van der Waals surface area contributed by atoms with Gasteiger partial charge in [-0.25, -0.2) is 4.79 Å². The third kappa shape index (κ3) is 6.22. The van der Waals surface area contributed by atoms with Gasteiger partial charge in [0.2, 0.25) is 0 Å². The minimum atomic E-state index is -0.189. The lowest BCUT2D eigenvalue weighted by molar-refractivity contribution is 0.240. The van der Waals surface area contributed by atoms with Crippen molar-refractivity contribution in [2.75, 3.05) is 13.6 Å². The second-order valence-corrected chi connectivity index (χ2v) is 6.25. The molecule has 128 valence electrons. The van der Waals surface area contributed by atoms with Crippen molar-refractivity contribution in [3.63, 3.8) is 0 Å². The summed E-state index contributed by atoms with van der Waals surface area (Å²) < 4.78 is 0. The van der Waals surface area contributed by atoms with Gasteiger partial charge in [-0.3, -0.25) is 0 Å². The molecule has 0 radical (unpaired) electrons. The van der Waals surface area contributed by atoms with E-state index in [1.165, 1.54) is 5.56 Å². The minimum absolute atomic E-state index is 0.189. The average molecular weight is 346 g/mol. The lowest BCUT2D eigenvalue weighted by Gasteiger charge is -2.14. The Hall–Kier alpha value is -2.04. The van der Waals surface area contributed by atoms with Crippen molar-refractivity contribution in [2.45, 2.75) is 26.6 Å². The number of carbonyl (C=O) groups excluding carboxylic acids is 1. The number of nitrogens with zero attached hydrogens (tertiary/aromatic N) is 1. The maximum Gasteiger partial charge on any atom is 0.315 e. The molecule has 0 bridgehead atoms. The molecule has 0 unspecified atom stereocenters. The van der Waals surface area contributed by atoms with Gasteiger partial charge in [0, 0.05) is 24.7 Å². The molecule has 0 fully saturated rings. The molecule has 2 N–H and O–H groups in total. The van der Waals surface area contributed by atoms with Crippen LogP contribution in [0.15, 0.2) is 48.5 Å². The molecule has 0 spiro atoms. The number of amides is 2. The van der Waals surface area contributed by atoms with Crippen LogP contribution in [0.5, 0.6) is 0 Å². The number of rotatable bonds is 7. The number of hydrogen-bond acceptors (Lipinski definition) is 2. The van der Waals surface area contributed by atoms with E-state index in [1.807, 2.05) is 36.4 Å². The monoisotopic (exact) mass is 345 g/mol. The fourth-order valence-electron chi connectivity index (χ4n) is 2.34. The average Bonchev–Trinajstić information content (AvgIpc) is 2.58. The Labute approximate surface area is 148 Å². The van der Waals surface area contributed by atoms with E-state index in [0.29, 0.717) is 18.1 Å². The van der Waals surface area contributed by atoms with Crippen LogP contribution < -0.4 is 10.6 Å². The predicted molar refractivity (Wildman–Crippen MR) is 99.0 cm³/mol. The summed E-state index contributed by atoms with van der Waals surface area (Å²) in [7, 11) is 2.09. The van der Waals surface area contributed by atoms with Crippen molar-refractivity contribution in [3.05, 3.63) is 70.2 Å². The molecular weight excluding hydrogens is 322 g/mol. The van der Waals surface area contributed by atoms with E-state index in [2.05, 4.69) is 41.6 Å². The summed E-state index contributed by atoms with van der Waals surface area (Å²) in [6.07, 6.45) is 0. The van der Waals surface area contributed by atoms with Crippen LogP contribution >= 0.6 is 11.6 Å². The van der Waals surface area contributed by atoms with Crippen LogP contribution in [-0.4, -0.2) is 24.5 Å². The number of hydrogen-bond donors (Lipinski definition) is 2. The number of carbonyl (C=O) groups is 1. The Morgan fingerprint density at radius 1 is 1.00 bits per heavy atom. The highest BCUT2D eigenvalue weighted by molar-refractivity contribution is 6.30. The summed E-state index contributed by atoms with van der Waals surface area (Å²) >= 11 is 5.93. The Balaban J connectivity index is 1.80. The van der Waals surface area contributed by atoms with Gasteiger partial charge in [0.1, 0.15) is 0 Å². The Morgan fingerprint density at radius 2 is 1.58 bits per heavy atom. The van der Waals surface area contributed by atoms with E-state index < -0.39 is 0 Å². The summed E-state index contributed by atoms with van der Waals surface area (Å²) in [5, 5.41) is 6.39. The van der Waals surface area contributed by atoms with E-state index in [9.17, 15) is 4.79 Å². The van der Waals surface area contributed by atoms with Crippen LogP contribution in [0.4, 0.5) is 4.79 Å². The van der Waals surface area contributed by atoms with Crippen molar-refractivity contribution in [1.82, 2.24) is 15.5 Å². The molecule has 0 aromatic heterocycles. The molecule has 0 heterocycles. The predicted octanol–water partition coefficient (Wildman–Crippen LogP) is 3.79. The van der Waals surface area contributed by atoms with E-state index >= 15 is 0 Å². The third-order valence-electron chi connectivity index (χ3n) is 3.78. The molecule has 2 aromatic rings. The highest BCUT2D eigenvalue weighted by Crippen LogP contribution is 2.10. The molecule has 0 aliphatic rings. The first-order chi connectivity index (χ1) is 11.6. The zero-order valence-electron chi connectivity index (χ0n) is 14.2. The first kappa shape index (κ1) is 18.3. The van der Waals surface area contributed by atoms with Crippen LogP contribution in [0.25, 0.3) is 0 Å². The third-order valence-corrected chi connectivity index (χ3v) is 4.01. The van der Waals surface area contributed by atoms with Gasteiger partial charge in [0.15, 0.2) is 0 Å². The van der Waals surface area contributed by atoms with Gasteiger partial charge in [0.25, 0.3) is 0 Å². The highest BCUT2D eigenvalue weighted by atomic mass is 35.5. The lowest BCUT2D eigenvalue weighted by Crippen LogP contribution is -2.34. The molecule has 4 nitrogen and oxygen atoms in total. The number of nitrogens with one attached hydrogen (secondary N) is 2. The van der Waals surface area contributed by atoms with Gasteiger partial charge in [-0.2, -0.15) is 0 Å². The highest BCUT2D eigenvalue weighted by Gasteiger charge is 2.03. The minimum Gasteiger partial charge on any atom is -0.334 e. The smallest absolute Gasteiger partial charge is 0.315 e. The molecule has 2 aromatic carbocycles. The van der Waals surface area contributed by atoms with Gasteiger partial charge in [-0.15, -0.1) is 0 Å². The molecule has 0 saturated carbocycles. The van der Waals surface area contributed by atoms with Crippen LogP contribution in [0.3, 0.4) is 0 Å².